The minimum atomic E-state index is -0.951. The second-order valence-electron chi connectivity index (χ2n) is 6.25. The fourth-order valence-corrected chi connectivity index (χ4v) is 3.27. The molecule has 1 amide bonds. The van der Waals surface area contributed by atoms with Gasteiger partial charge in [0.1, 0.15) is 5.41 Å². The van der Waals surface area contributed by atoms with Gasteiger partial charge in [0.2, 0.25) is 5.91 Å². The molecule has 2 aliphatic rings. The Morgan fingerprint density at radius 2 is 1.95 bits per heavy atom. The number of amides is 1. The normalized spacial score (nSPS) is 20.3. The molecule has 3 heterocycles. The van der Waals surface area contributed by atoms with Crippen LogP contribution < -0.4 is 0 Å². The first kappa shape index (κ1) is 12.4. The van der Waals surface area contributed by atoms with E-state index in [0.29, 0.717) is 6.54 Å². The topological polar surface area (TPSA) is 53.2 Å². The quantitative estimate of drug-likeness (QED) is 0.754. The van der Waals surface area contributed by atoms with Crippen molar-refractivity contribution in [2.45, 2.75) is 20.3 Å². The van der Waals surface area contributed by atoms with Crippen molar-refractivity contribution in [1.29, 1.82) is 0 Å². The number of para-hydroxylation sites is 1. The summed E-state index contributed by atoms with van der Waals surface area (Å²) in [7, 11) is 0. The number of hydrogen-bond acceptors (Lipinski definition) is 2. The van der Waals surface area contributed by atoms with Gasteiger partial charge in [0.05, 0.1) is 11.4 Å². The molecule has 2 aromatic rings. The van der Waals surface area contributed by atoms with Crippen molar-refractivity contribution in [2.75, 3.05) is 6.54 Å². The zero-order valence-corrected chi connectivity index (χ0v) is 12.1. The van der Waals surface area contributed by atoms with Crippen molar-refractivity contribution < 1.29 is 9.59 Å². The van der Waals surface area contributed by atoms with E-state index in [9.17, 15) is 9.59 Å². The number of benzene rings is 1. The number of nitrogens with one attached hydrogen (secondary N) is 1. The molecule has 4 heteroatoms. The molecule has 1 aromatic heterocycles. The lowest BCUT2D eigenvalue weighted by Gasteiger charge is -2.38. The first-order chi connectivity index (χ1) is 10.00. The summed E-state index contributed by atoms with van der Waals surface area (Å²) in [5.74, 6) is -0.223. The third-order valence-corrected chi connectivity index (χ3v) is 4.61. The number of fused-ring (bicyclic) bond motifs is 5. The van der Waals surface area contributed by atoms with E-state index in [0.717, 1.165) is 23.3 Å². The summed E-state index contributed by atoms with van der Waals surface area (Å²) in [4.78, 5) is 30.0. The van der Waals surface area contributed by atoms with E-state index >= 15 is 0 Å². The monoisotopic (exact) mass is 280 g/mol. The van der Waals surface area contributed by atoms with Crippen LogP contribution in [0.5, 0.6) is 0 Å². The van der Waals surface area contributed by atoms with Crippen LogP contribution in [-0.4, -0.2) is 28.1 Å². The summed E-state index contributed by atoms with van der Waals surface area (Å²) in [6, 6.07) is 8.10. The first-order valence-corrected chi connectivity index (χ1v) is 7.18. The van der Waals surface area contributed by atoms with Crippen molar-refractivity contribution in [2.24, 2.45) is 5.41 Å². The highest BCUT2D eigenvalue weighted by Crippen LogP contribution is 2.39. The summed E-state index contributed by atoms with van der Waals surface area (Å²) in [5, 5.41) is 1.18. The predicted molar refractivity (Wildman–Crippen MR) is 80.5 cm³/mol. The molecule has 4 nitrogen and oxygen atoms in total. The molecule has 1 aromatic carbocycles. The van der Waals surface area contributed by atoms with Crippen molar-refractivity contribution in [3.05, 3.63) is 41.6 Å². The molecule has 0 saturated carbocycles. The summed E-state index contributed by atoms with van der Waals surface area (Å²) in [6.07, 6.45) is 2.43. The molecular weight excluding hydrogens is 264 g/mol. The van der Waals surface area contributed by atoms with Crippen LogP contribution >= 0.6 is 0 Å². The SMILES string of the molecule is CC1(C)C(=O)C=C2c3[nH]c4ccccc4c3CCN2C1=O. The summed E-state index contributed by atoms with van der Waals surface area (Å²) >= 11 is 0. The van der Waals surface area contributed by atoms with Crippen LogP contribution in [0.1, 0.15) is 25.1 Å². The van der Waals surface area contributed by atoms with Gasteiger partial charge in [-0.05, 0) is 31.9 Å². The van der Waals surface area contributed by atoms with E-state index in [1.807, 2.05) is 18.2 Å². The molecule has 1 N–H and O–H groups in total. The molecule has 0 aliphatic carbocycles. The number of hydrogen-bond donors (Lipinski definition) is 1. The number of H-pyrrole nitrogens is 1. The Balaban J connectivity index is 1.97. The van der Waals surface area contributed by atoms with Gasteiger partial charge in [0.15, 0.2) is 5.78 Å². The lowest BCUT2D eigenvalue weighted by atomic mass is 9.81. The lowest BCUT2D eigenvalue weighted by Crippen LogP contribution is -2.49. The second-order valence-corrected chi connectivity index (χ2v) is 6.25. The first-order valence-electron chi connectivity index (χ1n) is 7.18. The number of carbonyl (C=O) groups is 2. The molecule has 0 spiro atoms. The molecule has 0 bridgehead atoms. The fourth-order valence-electron chi connectivity index (χ4n) is 3.27. The zero-order chi connectivity index (χ0) is 14.8. The highest BCUT2D eigenvalue weighted by Gasteiger charge is 2.45. The largest absolute Gasteiger partial charge is 0.353 e. The Kier molecular flexibility index (Phi) is 2.27. The second kappa shape index (κ2) is 3.85. The minimum absolute atomic E-state index is 0.102. The number of carbonyl (C=O) groups excluding carboxylic acids is 2. The highest BCUT2D eigenvalue weighted by molar-refractivity contribution is 6.18. The Hall–Kier alpha value is -2.36. The van der Waals surface area contributed by atoms with Gasteiger partial charge in [-0.15, -0.1) is 0 Å². The number of ketones is 1. The molecule has 0 fully saturated rings. The summed E-state index contributed by atoms with van der Waals surface area (Å²) in [5.41, 5.74) is 2.94. The molecule has 0 atom stereocenters. The predicted octanol–water partition coefficient (Wildman–Crippen LogP) is 2.50. The Bertz CT molecular complexity index is 826. The van der Waals surface area contributed by atoms with Gasteiger partial charge in [0, 0.05) is 23.5 Å². The van der Waals surface area contributed by atoms with Crippen LogP contribution in [0.15, 0.2) is 30.3 Å². The maximum absolute atomic E-state index is 12.6. The van der Waals surface area contributed by atoms with Crippen molar-refractivity contribution in [1.82, 2.24) is 9.88 Å². The smallest absolute Gasteiger partial charge is 0.240 e. The van der Waals surface area contributed by atoms with Gasteiger partial charge in [0.25, 0.3) is 0 Å². The standard InChI is InChI=1S/C17H16N2O2/c1-17(2)14(20)9-13-15-11(7-8-19(13)16(17)21)10-5-3-4-6-12(10)18-15/h3-6,9,18H,7-8H2,1-2H3. The van der Waals surface area contributed by atoms with E-state index in [1.165, 1.54) is 10.9 Å². The molecule has 4 rings (SSSR count). The molecular formula is C17H16N2O2. The lowest BCUT2D eigenvalue weighted by molar-refractivity contribution is -0.144. The number of nitrogens with zero attached hydrogens (tertiary/aromatic N) is 1. The fraction of sp³-hybridized carbons (Fsp3) is 0.294. The van der Waals surface area contributed by atoms with Gasteiger partial charge in [-0.2, -0.15) is 0 Å². The average molecular weight is 280 g/mol. The average Bonchev–Trinajstić information content (AvgIpc) is 2.84. The van der Waals surface area contributed by atoms with Crippen LogP contribution in [0, 0.1) is 5.41 Å². The van der Waals surface area contributed by atoms with Gasteiger partial charge < -0.3 is 9.88 Å². The van der Waals surface area contributed by atoms with Crippen molar-refractivity contribution in [3.8, 4) is 0 Å². The van der Waals surface area contributed by atoms with Crippen LogP contribution in [0.25, 0.3) is 16.6 Å². The third-order valence-electron chi connectivity index (χ3n) is 4.61. The summed E-state index contributed by atoms with van der Waals surface area (Å²) < 4.78 is 0. The third kappa shape index (κ3) is 1.50. The van der Waals surface area contributed by atoms with Gasteiger partial charge in [-0.3, -0.25) is 9.59 Å². The maximum atomic E-state index is 12.6. The molecule has 21 heavy (non-hydrogen) atoms. The van der Waals surface area contributed by atoms with E-state index in [4.69, 9.17) is 0 Å². The van der Waals surface area contributed by atoms with Crippen molar-refractivity contribution in [3.63, 3.8) is 0 Å². The Morgan fingerprint density at radius 1 is 1.19 bits per heavy atom. The van der Waals surface area contributed by atoms with E-state index in [2.05, 4.69) is 11.1 Å². The van der Waals surface area contributed by atoms with Crippen molar-refractivity contribution >= 4 is 28.3 Å². The molecule has 0 saturated heterocycles. The number of aromatic amines is 1. The van der Waals surface area contributed by atoms with Crippen LogP contribution in [0.2, 0.25) is 0 Å². The van der Waals surface area contributed by atoms with Gasteiger partial charge >= 0.3 is 0 Å². The van der Waals surface area contributed by atoms with E-state index in [-0.39, 0.29) is 11.7 Å². The maximum Gasteiger partial charge on any atom is 0.240 e. The molecule has 106 valence electrons. The van der Waals surface area contributed by atoms with E-state index in [1.54, 1.807) is 24.8 Å². The van der Waals surface area contributed by atoms with E-state index < -0.39 is 5.41 Å². The number of allylic oxidation sites excluding steroid dienone is 1. The van der Waals surface area contributed by atoms with Gasteiger partial charge in [-0.1, -0.05) is 18.2 Å². The minimum Gasteiger partial charge on any atom is -0.353 e. The Labute approximate surface area is 122 Å². The zero-order valence-electron chi connectivity index (χ0n) is 12.1. The molecule has 2 aliphatic heterocycles. The van der Waals surface area contributed by atoms with Crippen LogP contribution in [0.4, 0.5) is 0 Å². The summed E-state index contributed by atoms with van der Waals surface area (Å²) in [6.45, 7) is 4.04. The van der Waals surface area contributed by atoms with Gasteiger partial charge in [-0.25, -0.2) is 0 Å². The molecule has 0 radical (unpaired) electrons. The molecule has 0 unspecified atom stereocenters. The van der Waals surface area contributed by atoms with Crippen LogP contribution in [0.3, 0.4) is 0 Å². The highest BCUT2D eigenvalue weighted by atomic mass is 16.2. The Morgan fingerprint density at radius 3 is 2.76 bits per heavy atom. The van der Waals surface area contributed by atoms with Crippen LogP contribution in [-0.2, 0) is 16.0 Å². The number of rotatable bonds is 0. The number of aromatic nitrogens is 1.